The Balaban J connectivity index is 0.00000196. The van der Waals surface area contributed by atoms with E-state index in [1.807, 2.05) is 0 Å². The molecule has 8 heteroatoms. The molecule has 1 aromatic carbocycles. The van der Waals surface area contributed by atoms with E-state index in [0.717, 1.165) is 32.4 Å². The summed E-state index contributed by atoms with van der Waals surface area (Å²) in [5, 5.41) is 6.21. The zero-order chi connectivity index (χ0) is 17.4. The Hall–Kier alpha value is -1.99. The Labute approximate surface area is 159 Å². The van der Waals surface area contributed by atoms with Crippen LogP contribution in [0.2, 0.25) is 0 Å². The number of carbonyl (C=O) groups excluding carboxylic acids is 2. The van der Waals surface area contributed by atoms with Crippen LogP contribution in [0.5, 0.6) is 5.75 Å². The minimum absolute atomic E-state index is 0. The van der Waals surface area contributed by atoms with Gasteiger partial charge in [0.05, 0.1) is 12.8 Å². The average Bonchev–Trinajstić information content (AvgIpc) is 3.15. The highest BCUT2D eigenvalue weighted by molar-refractivity contribution is 6.00. The molecule has 7 nitrogen and oxygen atoms in total. The van der Waals surface area contributed by atoms with Crippen LogP contribution in [0.25, 0.3) is 0 Å². The SMILES string of the molecule is COc1ccc(C(=O)N2C3CCNCC2CC3)cc1N1CCNC1=O.Cl. The number of carbonyl (C=O) groups is 2. The molecule has 0 saturated carbocycles. The number of hydrogen-bond acceptors (Lipinski definition) is 4. The lowest BCUT2D eigenvalue weighted by Crippen LogP contribution is -2.42. The van der Waals surface area contributed by atoms with Crippen LogP contribution in [-0.4, -0.2) is 62.2 Å². The van der Waals surface area contributed by atoms with E-state index in [2.05, 4.69) is 15.5 Å². The van der Waals surface area contributed by atoms with Gasteiger partial charge in [-0.25, -0.2) is 4.79 Å². The van der Waals surface area contributed by atoms with Gasteiger partial charge in [-0.05, 0) is 44.0 Å². The fourth-order valence-electron chi connectivity index (χ4n) is 4.20. The third kappa shape index (κ3) is 3.21. The zero-order valence-corrected chi connectivity index (χ0v) is 15.7. The first-order valence-corrected chi connectivity index (χ1v) is 8.96. The van der Waals surface area contributed by atoms with Crippen molar-refractivity contribution in [2.75, 3.05) is 38.2 Å². The molecule has 26 heavy (non-hydrogen) atoms. The van der Waals surface area contributed by atoms with Crippen LogP contribution in [0.15, 0.2) is 18.2 Å². The number of nitrogens with zero attached hydrogens (tertiary/aromatic N) is 2. The Morgan fingerprint density at radius 2 is 2.00 bits per heavy atom. The Morgan fingerprint density at radius 3 is 2.73 bits per heavy atom. The number of hydrogen-bond donors (Lipinski definition) is 2. The maximum Gasteiger partial charge on any atom is 0.322 e. The highest BCUT2D eigenvalue weighted by Gasteiger charge is 2.38. The van der Waals surface area contributed by atoms with Crippen LogP contribution in [0.1, 0.15) is 29.6 Å². The summed E-state index contributed by atoms with van der Waals surface area (Å²) < 4.78 is 5.40. The molecule has 0 radical (unpaired) electrons. The molecule has 2 atom stereocenters. The number of benzene rings is 1. The van der Waals surface area contributed by atoms with Gasteiger partial charge in [0, 0.05) is 37.3 Å². The number of methoxy groups -OCH3 is 1. The molecule has 1 aromatic rings. The van der Waals surface area contributed by atoms with Crippen molar-refractivity contribution in [3.05, 3.63) is 23.8 Å². The van der Waals surface area contributed by atoms with E-state index in [0.29, 0.717) is 36.1 Å². The molecular weight excluding hydrogens is 356 g/mol. The molecule has 3 heterocycles. The molecule has 3 amide bonds. The zero-order valence-electron chi connectivity index (χ0n) is 14.9. The molecule has 3 fully saturated rings. The van der Waals surface area contributed by atoms with Crippen molar-refractivity contribution in [3.63, 3.8) is 0 Å². The van der Waals surface area contributed by atoms with Crippen molar-refractivity contribution in [2.45, 2.75) is 31.3 Å². The van der Waals surface area contributed by atoms with Gasteiger partial charge in [0.2, 0.25) is 0 Å². The van der Waals surface area contributed by atoms with Crippen molar-refractivity contribution in [3.8, 4) is 5.75 Å². The molecule has 0 aliphatic carbocycles. The smallest absolute Gasteiger partial charge is 0.322 e. The second-order valence-electron chi connectivity index (χ2n) is 6.86. The van der Waals surface area contributed by atoms with Crippen molar-refractivity contribution in [2.24, 2.45) is 0 Å². The number of anilines is 1. The third-order valence-corrected chi connectivity index (χ3v) is 5.46. The van der Waals surface area contributed by atoms with Gasteiger partial charge < -0.3 is 20.3 Å². The first-order valence-electron chi connectivity index (χ1n) is 8.96. The summed E-state index contributed by atoms with van der Waals surface area (Å²) in [6, 6.07) is 5.81. The van der Waals surface area contributed by atoms with E-state index in [9.17, 15) is 9.59 Å². The standard InChI is InChI=1S/C18H24N4O3.ClH/c1-25-16-5-2-12(10-15(16)21-9-8-20-18(21)24)17(23)22-13-3-4-14(22)11-19-7-6-13;/h2,5,10,13-14,19H,3-4,6-9,11H2,1H3,(H,20,24);1H. The first-order chi connectivity index (χ1) is 12.2. The molecule has 2 unspecified atom stereocenters. The molecule has 142 valence electrons. The predicted molar refractivity (Wildman–Crippen MR) is 101 cm³/mol. The summed E-state index contributed by atoms with van der Waals surface area (Å²) in [6.45, 7) is 3.00. The van der Waals surface area contributed by atoms with E-state index in [4.69, 9.17) is 4.74 Å². The van der Waals surface area contributed by atoms with Gasteiger partial charge in [-0.1, -0.05) is 0 Å². The van der Waals surface area contributed by atoms with E-state index in [-0.39, 0.29) is 30.4 Å². The van der Waals surface area contributed by atoms with E-state index < -0.39 is 0 Å². The molecule has 2 bridgehead atoms. The van der Waals surface area contributed by atoms with Crippen molar-refractivity contribution in [1.29, 1.82) is 0 Å². The second kappa shape index (κ2) is 7.72. The van der Waals surface area contributed by atoms with Crippen LogP contribution < -0.4 is 20.3 Å². The first kappa shape index (κ1) is 18.8. The van der Waals surface area contributed by atoms with E-state index in [1.165, 1.54) is 0 Å². The summed E-state index contributed by atoms with van der Waals surface area (Å²) in [5.74, 6) is 0.661. The van der Waals surface area contributed by atoms with Gasteiger partial charge in [0.15, 0.2) is 0 Å². The van der Waals surface area contributed by atoms with Crippen LogP contribution in [0, 0.1) is 0 Å². The lowest BCUT2D eigenvalue weighted by molar-refractivity contribution is 0.0680. The number of urea groups is 1. The Bertz CT molecular complexity index is 685. The summed E-state index contributed by atoms with van der Waals surface area (Å²) in [7, 11) is 1.58. The Morgan fingerprint density at radius 1 is 1.19 bits per heavy atom. The van der Waals surface area contributed by atoms with Crippen molar-refractivity contribution >= 4 is 30.0 Å². The number of rotatable bonds is 3. The lowest BCUT2D eigenvalue weighted by atomic mass is 10.1. The van der Waals surface area contributed by atoms with Gasteiger partial charge in [-0.3, -0.25) is 9.69 Å². The lowest BCUT2D eigenvalue weighted by Gasteiger charge is -2.28. The van der Waals surface area contributed by atoms with Crippen LogP contribution >= 0.6 is 12.4 Å². The quantitative estimate of drug-likeness (QED) is 0.835. The molecule has 4 rings (SSSR count). The number of ether oxygens (including phenoxy) is 1. The second-order valence-corrected chi connectivity index (χ2v) is 6.86. The third-order valence-electron chi connectivity index (χ3n) is 5.46. The Kier molecular flexibility index (Phi) is 5.58. The molecular formula is C18H25ClN4O3. The summed E-state index contributed by atoms with van der Waals surface area (Å²) in [6.07, 6.45) is 3.14. The van der Waals surface area contributed by atoms with Crippen LogP contribution in [0.4, 0.5) is 10.5 Å². The van der Waals surface area contributed by atoms with E-state index >= 15 is 0 Å². The average molecular weight is 381 g/mol. The van der Waals surface area contributed by atoms with Gasteiger partial charge in [-0.2, -0.15) is 0 Å². The number of amides is 3. The highest BCUT2D eigenvalue weighted by atomic mass is 35.5. The molecule has 0 spiro atoms. The maximum absolute atomic E-state index is 13.2. The predicted octanol–water partition coefficient (Wildman–Crippen LogP) is 1.61. The summed E-state index contributed by atoms with van der Waals surface area (Å²) in [4.78, 5) is 28.9. The monoisotopic (exact) mass is 380 g/mol. The molecule has 2 N–H and O–H groups in total. The topological polar surface area (TPSA) is 73.9 Å². The van der Waals surface area contributed by atoms with Crippen molar-refractivity contribution in [1.82, 2.24) is 15.5 Å². The molecule has 3 aliphatic heterocycles. The molecule has 0 aromatic heterocycles. The fraction of sp³-hybridized carbons (Fsp3) is 0.556. The fourth-order valence-corrected chi connectivity index (χ4v) is 4.20. The van der Waals surface area contributed by atoms with E-state index in [1.54, 1.807) is 30.2 Å². The minimum Gasteiger partial charge on any atom is -0.495 e. The molecule has 3 aliphatic rings. The van der Waals surface area contributed by atoms with Gasteiger partial charge in [0.1, 0.15) is 5.75 Å². The van der Waals surface area contributed by atoms with Gasteiger partial charge >= 0.3 is 6.03 Å². The summed E-state index contributed by atoms with van der Waals surface area (Å²) in [5.41, 5.74) is 1.28. The minimum atomic E-state index is -0.151. The maximum atomic E-state index is 13.2. The van der Waals surface area contributed by atoms with Crippen LogP contribution in [-0.2, 0) is 0 Å². The van der Waals surface area contributed by atoms with Gasteiger partial charge in [0.25, 0.3) is 5.91 Å². The number of nitrogens with one attached hydrogen (secondary N) is 2. The normalized spacial score (nSPS) is 24.7. The number of halogens is 1. The van der Waals surface area contributed by atoms with Gasteiger partial charge in [-0.15, -0.1) is 12.4 Å². The largest absolute Gasteiger partial charge is 0.495 e. The van der Waals surface area contributed by atoms with Crippen molar-refractivity contribution < 1.29 is 14.3 Å². The van der Waals surface area contributed by atoms with Crippen LogP contribution in [0.3, 0.4) is 0 Å². The molecule has 3 saturated heterocycles. The number of fused-ring (bicyclic) bond motifs is 2. The summed E-state index contributed by atoms with van der Waals surface area (Å²) >= 11 is 0. The highest BCUT2D eigenvalue weighted by Crippen LogP contribution is 2.34.